The van der Waals surface area contributed by atoms with Crippen LogP contribution >= 0.6 is 11.6 Å². The highest BCUT2D eigenvalue weighted by Gasteiger charge is 2.50. The Hall–Kier alpha value is -1.94. The first-order valence-corrected chi connectivity index (χ1v) is 9.16. The van der Waals surface area contributed by atoms with E-state index in [0.29, 0.717) is 6.04 Å². The molecular weight excluding hydrogens is 320 g/mol. The molecule has 124 valence electrons. The fraction of sp³-hybridized carbons (Fsp3) is 0.421. The number of anilines is 1. The van der Waals surface area contributed by atoms with Gasteiger partial charge < -0.3 is 10.6 Å². The van der Waals surface area contributed by atoms with E-state index in [0.717, 1.165) is 41.5 Å². The molecule has 3 aliphatic rings. The second kappa shape index (κ2) is 4.79. The minimum Gasteiger partial charge on any atom is -0.364 e. The Morgan fingerprint density at radius 1 is 1.42 bits per heavy atom. The lowest BCUT2D eigenvalue weighted by Crippen LogP contribution is -2.47. The topological polar surface area (TPSA) is 41.4 Å². The van der Waals surface area contributed by atoms with Crippen molar-refractivity contribution in [3.8, 4) is 0 Å². The quantitative estimate of drug-likeness (QED) is 0.822. The third-order valence-corrected chi connectivity index (χ3v) is 6.34. The SMILES string of the molecule is CCc1cccc2nc3c(n12)NC1CCCC2=C1C3(C)C(Cl)=CN2. The maximum Gasteiger partial charge on any atom is 0.138 e. The van der Waals surface area contributed by atoms with Gasteiger partial charge in [-0.1, -0.05) is 24.6 Å². The molecule has 2 atom stereocenters. The Bertz CT molecular complexity index is 923. The van der Waals surface area contributed by atoms with Crippen LogP contribution in [0.2, 0.25) is 0 Å². The second-order valence-corrected chi connectivity index (χ2v) is 7.52. The number of hydrogen-bond donors (Lipinski definition) is 2. The molecule has 4 heterocycles. The monoisotopic (exact) mass is 340 g/mol. The van der Waals surface area contributed by atoms with Crippen molar-refractivity contribution in [1.82, 2.24) is 14.7 Å². The van der Waals surface area contributed by atoms with Crippen molar-refractivity contribution in [2.24, 2.45) is 0 Å². The standard InChI is InChI=1S/C19H21ClN4/c1-3-11-6-4-9-15-23-17-18(24(11)15)22-13-8-5-7-12-16(13)19(17,2)14(20)10-21-12/h4,6,9-10,13,21-22H,3,5,7-8H2,1-2H3. The fourth-order valence-electron chi connectivity index (χ4n) is 4.66. The summed E-state index contributed by atoms with van der Waals surface area (Å²) >= 11 is 6.76. The zero-order valence-corrected chi connectivity index (χ0v) is 14.7. The molecule has 2 aliphatic heterocycles. The zero-order valence-electron chi connectivity index (χ0n) is 14.0. The first-order valence-electron chi connectivity index (χ1n) is 8.78. The highest BCUT2D eigenvalue weighted by molar-refractivity contribution is 6.31. The Morgan fingerprint density at radius 3 is 3.12 bits per heavy atom. The third-order valence-electron chi connectivity index (χ3n) is 5.85. The summed E-state index contributed by atoms with van der Waals surface area (Å²) in [6, 6.07) is 6.68. The fourth-order valence-corrected chi connectivity index (χ4v) is 4.91. The van der Waals surface area contributed by atoms with E-state index < -0.39 is 0 Å². The van der Waals surface area contributed by atoms with Crippen molar-refractivity contribution in [2.75, 3.05) is 5.32 Å². The van der Waals surface area contributed by atoms with Crippen LogP contribution in [0.4, 0.5) is 5.82 Å². The molecule has 2 aromatic heterocycles. The number of allylic oxidation sites excluding steroid dienone is 2. The number of dihydropyridines is 1. The van der Waals surface area contributed by atoms with E-state index in [9.17, 15) is 0 Å². The number of halogens is 1. The highest BCUT2D eigenvalue weighted by atomic mass is 35.5. The molecule has 2 unspecified atom stereocenters. The van der Waals surface area contributed by atoms with E-state index in [2.05, 4.69) is 47.1 Å². The highest BCUT2D eigenvalue weighted by Crippen LogP contribution is 2.53. The molecule has 0 radical (unpaired) electrons. The Kier molecular flexibility index (Phi) is 2.88. The molecule has 0 fully saturated rings. The molecule has 0 bridgehead atoms. The predicted octanol–water partition coefficient (Wildman–Crippen LogP) is 4.07. The minimum absolute atomic E-state index is 0.325. The van der Waals surface area contributed by atoms with E-state index in [1.165, 1.54) is 23.4 Å². The van der Waals surface area contributed by atoms with Crippen molar-refractivity contribution in [1.29, 1.82) is 0 Å². The molecule has 0 saturated heterocycles. The maximum atomic E-state index is 6.76. The van der Waals surface area contributed by atoms with Gasteiger partial charge in [0.2, 0.25) is 0 Å². The predicted molar refractivity (Wildman–Crippen MR) is 97.3 cm³/mol. The first-order chi connectivity index (χ1) is 11.6. The lowest BCUT2D eigenvalue weighted by atomic mass is 9.67. The van der Waals surface area contributed by atoms with Crippen LogP contribution in [-0.2, 0) is 11.8 Å². The number of nitrogens with one attached hydrogen (secondary N) is 2. The van der Waals surface area contributed by atoms with E-state index in [1.54, 1.807) is 0 Å². The van der Waals surface area contributed by atoms with E-state index in [4.69, 9.17) is 16.6 Å². The number of aromatic nitrogens is 2. The van der Waals surface area contributed by atoms with E-state index in [1.807, 2.05) is 6.20 Å². The van der Waals surface area contributed by atoms with Crippen molar-refractivity contribution >= 4 is 23.1 Å². The van der Waals surface area contributed by atoms with Crippen LogP contribution in [0.25, 0.3) is 5.65 Å². The van der Waals surface area contributed by atoms with Gasteiger partial charge in [0.1, 0.15) is 11.5 Å². The van der Waals surface area contributed by atoms with Gasteiger partial charge in [-0.05, 0) is 50.3 Å². The average molecular weight is 341 g/mol. The molecule has 24 heavy (non-hydrogen) atoms. The summed E-state index contributed by atoms with van der Waals surface area (Å²) in [6.07, 6.45) is 6.36. The number of nitrogens with zero attached hydrogens (tertiary/aromatic N) is 2. The van der Waals surface area contributed by atoms with Gasteiger partial charge in [-0.15, -0.1) is 0 Å². The van der Waals surface area contributed by atoms with Crippen LogP contribution in [-0.4, -0.2) is 15.4 Å². The largest absolute Gasteiger partial charge is 0.364 e. The molecule has 4 nitrogen and oxygen atoms in total. The number of pyridine rings is 1. The van der Waals surface area contributed by atoms with Gasteiger partial charge in [0, 0.05) is 17.6 Å². The van der Waals surface area contributed by atoms with Crippen LogP contribution in [0.5, 0.6) is 0 Å². The van der Waals surface area contributed by atoms with Crippen molar-refractivity contribution < 1.29 is 0 Å². The lowest BCUT2D eigenvalue weighted by Gasteiger charge is -2.46. The molecule has 0 aromatic carbocycles. The number of fused-ring (bicyclic) bond motifs is 4. The smallest absolute Gasteiger partial charge is 0.138 e. The average Bonchev–Trinajstić information content (AvgIpc) is 2.98. The van der Waals surface area contributed by atoms with Gasteiger partial charge >= 0.3 is 0 Å². The van der Waals surface area contributed by atoms with Gasteiger partial charge in [0.05, 0.1) is 22.2 Å². The molecule has 5 rings (SSSR count). The van der Waals surface area contributed by atoms with Gasteiger partial charge in [0.25, 0.3) is 0 Å². The molecule has 1 aliphatic carbocycles. The van der Waals surface area contributed by atoms with Crippen LogP contribution in [0.3, 0.4) is 0 Å². The normalized spacial score (nSPS) is 28.0. The van der Waals surface area contributed by atoms with Crippen LogP contribution in [0, 0.1) is 0 Å². The van der Waals surface area contributed by atoms with Crippen LogP contribution < -0.4 is 10.6 Å². The molecular formula is C19H21ClN4. The van der Waals surface area contributed by atoms with Gasteiger partial charge in [-0.25, -0.2) is 4.98 Å². The summed E-state index contributed by atoms with van der Waals surface area (Å²) in [7, 11) is 0. The minimum atomic E-state index is -0.329. The second-order valence-electron chi connectivity index (χ2n) is 7.12. The summed E-state index contributed by atoms with van der Waals surface area (Å²) < 4.78 is 2.28. The summed E-state index contributed by atoms with van der Waals surface area (Å²) in [4.78, 5) is 5.01. The summed E-state index contributed by atoms with van der Waals surface area (Å²) in [5.41, 5.74) is 5.70. The Morgan fingerprint density at radius 2 is 2.29 bits per heavy atom. The summed E-state index contributed by atoms with van der Waals surface area (Å²) in [5, 5.41) is 8.04. The van der Waals surface area contributed by atoms with E-state index in [-0.39, 0.29) is 5.41 Å². The third kappa shape index (κ3) is 1.62. The maximum absolute atomic E-state index is 6.76. The van der Waals surface area contributed by atoms with Crippen molar-refractivity contribution in [2.45, 2.75) is 51.0 Å². The molecule has 2 aromatic rings. The summed E-state index contributed by atoms with van der Waals surface area (Å²) in [5.74, 6) is 1.12. The lowest BCUT2D eigenvalue weighted by molar-refractivity contribution is 0.483. The first kappa shape index (κ1) is 14.4. The van der Waals surface area contributed by atoms with E-state index >= 15 is 0 Å². The molecule has 2 N–H and O–H groups in total. The van der Waals surface area contributed by atoms with Gasteiger partial charge in [0.15, 0.2) is 0 Å². The van der Waals surface area contributed by atoms with Crippen molar-refractivity contribution in [3.05, 3.63) is 52.1 Å². The molecule has 0 saturated carbocycles. The molecule has 0 amide bonds. The summed E-state index contributed by atoms with van der Waals surface area (Å²) in [6.45, 7) is 4.42. The Labute approximate surface area is 146 Å². The number of aryl methyl sites for hydroxylation is 1. The number of hydrogen-bond acceptors (Lipinski definition) is 3. The van der Waals surface area contributed by atoms with Crippen LogP contribution in [0.1, 0.15) is 44.5 Å². The van der Waals surface area contributed by atoms with Crippen molar-refractivity contribution in [3.63, 3.8) is 0 Å². The Balaban J connectivity index is 1.87. The molecule has 0 spiro atoms. The molecule has 5 heteroatoms. The van der Waals surface area contributed by atoms with Gasteiger partial charge in [-0.3, -0.25) is 4.40 Å². The number of imidazole rings is 1. The van der Waals surface area contributed by atoms with Gasteiger partial charge in [-0.2, -0.15) is 0 Å². The van der Waals surface area contributed by atoms with Crippen LogP contribution in [0.15, 0.2) is 40.7 Å². The number of rotatable bonds is 1. The zero-order chi connectivity index (χ0) is 16.5.